The van der Waals surface area contributed by atoms with Crippen molar-refractivity contribution in [2.45, 2.75) is 13.5 Å². The summed E-state index contributed by atoms with van der Waals surface area (Å²) in [6.07, 6.45) is 0. The number of morpholine rings is 1. The minimum atomic E-state index is -0.257. The van der Waals surface area contributed by atoms with Gasteiger partial charge in [-0.1, -0.05) is 30.3 Å². The van der Waals surface area contributed by atoms with Crippen LogP contribution in [0.2, 0.25) is 0 Å². The van der Waals surface area contributed by atoms with Crippen LogP contribution in [0.4, 0.5) is 5.95 Å². The van der Waals surface area contributed by atoms with Gasteiger partial charge in [-0.3, -0.25) is 4.79 Å². The van der Waals surface area contributed by atoms with Crippen LogP contribution >= 0.6 is 0 Å². The third-order valence-electron chi connectivity index (χ3n) is 4.95. The lowest BCUT2D eigenvalue weighted by Gasteiger charge is -2.26. The van der Waals surface area contributed by atoms with Crippen LogP contribution in [0.5, 0.6) is 11.8 Å². The Morgan fingerprint density at radius 3 is 2.71 bits per heavy atom. The molecule has 1 aliphatic rings. The first-order valence-electron chi connectivity index (χ1n) is 10.2. The highest BCUT2D eigenvalue weighted by Gasteiger charge is 2.19. The SMILES string of the molecule is CCOc1ccc2ccccc2c1C(=O)NCc1nc(OC)nc(N2CCOCC2)n1. The highest BCUT2D eigenvalue weighted by Crippen LogP contribution is 2.28. The molecule has 1 aliphatic heterocycles. The lowest BCUT2D eigenvalue weighted by Crippen LogP contribution is -2.37. The van der Waals surface area contributed by atoms with Gasteiger partial charge in [0.05, 0.1) is 39.0 Å². The number of nitrogens with zero attached hydrogens (tertiary/aromatic N) is 4. The number of methoxy groups -OCH3 is 1. The largest absolute Gasteiger partial charge is 0.493 e. The number of nitrogens with one attached hydrogen (secondary N) is 1. The molecule has 0 radical (unpaired) electrons. The summed E-state index contributed by atoms with van der Waals surface area (Å²) in [5.41, 5.74) is 0.495. The monoisotopic (exact) mass is 423 g/mol. The zero-order valence-electron chi connectivity index (χ0n) is 17.6. The number of hydrogen-bond acceptors (Lipinski definition) is 8. The quantitative estimate of drug-likeness (QED) is 0.618. The van der Waals surface area contributed by atoms with E-state index in [4.69, 9.17) is 14.2 Å². The zero-order chi connectivity index (χ0) is 21.6. The Kier molecular flexibility index (Phi) is 6.42. The van der Waals surface area contributed by atoms with Gasteiger partial charge in [-0.05, 0) is 23.8 Å². The maximum atomic E-state index is 13.1. The minimum absolute atomic E-state index is 0.129. The molecule has 1 fully saturated rings. The summed E-state index contributed by atoms with van der Waals surface area (Å²) in [5, 5.41) is 4.71. The predicted octanol–water partition coefficient (Wildman–Crippen LogP) is 2.20. The Bertz CT molecular complexity index is 1070. The van der Waals surface area contributed by atoms with E-state index in [0.717, 1.165) is 10.8 Å². The molecular weight excluding hydrogens is 398 g/mol. The molecule has 0 aliphatic carbocycles. The number of hydrogen-bond donors (Lipinski definition) is 1. The molecule has 0 unspecified atom stereocenters. The molecule has 0 bridgehead atoms. The Hall–Kier alpha value is -3.46. The molecule has 31 heavy (non-hydrogen) atoms. The number of carbonyl (C=O) groups is 1. The maximum absolute atomic E-state index is 13.1. The van der Waals surface area contributed by atoms with Gasteiger partial charge >= 0.3 is 6.01 Å². The molecule has 1 aromatic heterocycles. The summed E-state index contributed by atoms with van der Waals surface area (Å²) in [6, 6.07) is 11.7. The van der Waals surface area contributed by atoms with E-state index in [1.165, 1.54) is 7.11 Å². The Morgan fingerprint density at radius 1 is 1.13 bits per heavy atom. The van der Waals surface area contributed by atoms with Crippen LogP contribution < -0.4 is 19.7 Å². The zero-order valence-corrected chi connectivity index (χ0v) is 17.6. The van der Waals surface area contributed by atoms with Crippen LogP contribution in [0.15, 0.2) is 36.4 Å². The lowest BCUT2D eigenvalue weighted by atomic mass is 10.0. The van der Waals surface area contributed by atoms with Crippen molar-refractivity contribution in [3.8, 4) is 11.8 Å². The molecule has 9 nitrogen and oxygen atoms in total. The third kappa shape index (κ3) is 4.66. The second-order valence-corrected chi connectivity index (χ2v) is 6.91. The lowest BCUT2D eigenvalue weighted by molar-refractivity contribution is 0.0947. The van der Waals surface area contributed by atoms with Gasteiger partial charge in [0.25, 0.3) is 5.91 Å². The standard InChI is InChI=1S/C22H25N5O4/c1-3-31-17-9-8-15-6-4-5-7-16(15)19(17)20(28)23-14-18-24-21(26-22(25-18)29-2)27-10-12-30-13-11-27/h4-9H,3,10-14H2,1-2H3,(H,23,28). The highest BCUT2D eigenvalue weighted by atomic mass is 16.5. The fourth-order valence-corrected chi connectivity index (χ4v) is 3.47. The van der Waals surface area contributed by atoms with Crippen molar-refractivity contribution in [1.82, 2.24) is 20.3 Å². The van der Waals surface area contributed by atoms with Crippen molar-refractivity contribution >= 4 is 22.6 Å². The van der Waals surface area contributed by atoms with E-state index in [2.05, 4.69) is 20.3 Å². The summed E-state index contributed by atoms with van der Waals surface area (Å²) >= 11 is 0. The number of rotatable bonds is 7. The van der Waals surface area contributed by atoms with Crippen LogP contribution in [-0.4, -0.2) is 60.9 Å². The van der Waals surface area contributed by atoms with E-state index in [9.17, 15) is 4.79 Å². The van der Waals surface area contributed by atoms with E-state index in [-0.39, 0.29) is 18.5 Å². The number of benzene rings is 2. The van der Waals surface area contributed by atoms with Gasteiger partial charge < -0.3 is 24.4 Å². The number of amides is 1. The molecule has 0 spiro atoms. The van der Waals surface area contributed by atoms with Gasteiger partial charge in [-0.2, -0.15) is 15.0 Å². The van der Waals surface area contributed by atoms with Crippen LogP contribution in [0, 0.1) is 0 Å². The summed E-state index contributed by atoms with van der Waals surface area (Å²) in [7, 11) is 1.51. The van der Waals surface area contributed by atoms with E-state index in [1.54, 1.807) is 0 Å². The molecule has 0 atom stereocenters. The van der Waals surface area contributed by atoms with Gasteiger partial charge in [-0.25, -0.2) is 0 Å². The van der Waals surface area contributed by atoms with Crippen molar-refractivity contribution in [1.29, 1.82) is 0 Å². The molecule has 1 N–H and O–H groups in total. The Labute approximate surface area is 180 Å². The van der Waals surface area contributed by atoms with Gasteiger partial charge in [-0.15, -0.1) is 0 Å². The topological polar surface area (TPSA) is 98.7 Å². The van der Waals surface area contributed by atoms with Crippen LogP contribution in [0.3, 0.4) is 0 Å². The highest BCUT2D eigenvalue weighted by molar-refractivity contribution is 6.09. The Morgan fingerprint density at radius 2 is 1.94 bits per heavy atom. The van der Waals surface area contributed by atoms with E-state index in [0.29, 0.717) is 56.0 Å². The molecule has 3 aromatic rings. The van der Waals surface area contributed by atoms with Crippen molar-refractivity contribution in [3.63, 3.8) is 0 Å². The minimum Gasteiger partial charge on any atom is -0.493 e. The van der Waals surface area contributed by atoms with Crippen molar-refractivity contribution in [3.05, 3.63) is 47.8 Å². The van der Waals surface area contributed by atoms with Crippen molar-refractivity contribution in [2.75, 3.05) is 44.9 Å². The smallest absolute Gasteiger partial charge is 0.321 e. The molecule has 9 heteroatoms. The van der Waals surface area contributed by atoms with Gasteiger partial charge in [0.2, 0.25) is 5.95 Å². The average molecular weight is 423 g/mol. The number of fused-ring (bicyclic) bond motifs is 1. The molecule has 0 saturated carbocycles. The maximum Gasteiger partial charge on any atom is 0.321 e. The first-order valence-corrected chi connectivity index (χ1v) is 10.2. The van der Waals surface area contributed by atoms with Gasteiger partial charge in [0.15, 0.2) is 5.82 Å². The summed E-state index contributed by atoms with van der Waals surface area (Å²) in [5.74, 6) is 1.22. The summed E-state index contributed by atoms with van der Waals surface area (Å²) < 4.78 is 16.3. The first-order chi connectivity index (χ1) is 15.2. The molecule has 4 rings (SSSR count). The third-order valence-corrected chi connectivity index (χ3v) is 4.95. The first kappa shape index (κ1) is 20.8. The second kappa shape index (κ2) is 9.57. The summed E-state index contributed by atoms with van der Waals surface area (Å²) in [4.78, 5) is 28.3. The second-order valence-electron chi connectivity index (χ2n) is 6.91. The normalized spacial score (nSPS) is 13.8. The number of ether oxygens (including phenoxy) is 3. The fraction of sp³-hybridized carbons (Fsp3) is 0.364. The van der Waals surface area contributed by atoms with E-state index in [1.807, 2.05) is 48.2 Å². The molecule has 2 heterocycles. The van der Waals surface area contributed by atoms with Crippen LogP contribution in [0.1, 0.15) is 23.1 Å². The molecule has 162 valence electrons. The fourth-order valence-electron chi connectivity index (χ4n) is 3.47. The van der Waals surface area contributed by atoms with Crippen LogP contribution in [-0.2, 0) is 11.3 Å². The van der Waals surface area contributed by atoms with Gasteiger partial charge in [0.1, 0.15) is 5.75 Å². The number of anilines is 1. The number of carbonyl (C=O) groups excluding carboxylic acids is 1. The number of aromatic nitrogens is 3. The van der Waals surface area contributed by atoms with Crippen molar-refractivity contribution < 1.29 is 19.0 Å². The molecule has 1 saturated heterocycles. The molecule has 1 amide bonds. The molecular formula is C22H25N5O4. The van der Waals surface area contributed by atoms with Gasteiger partial charge in [0, 0.05) is 13.1 Å². The predicted molar refractivity (Wildman–Crippen MR) is 116 cm³/mol. The van der Waals surface area contributed by atoms with Crippen molar-refractivity contribution in [2.24, 2.45) is 0 Å². The summed E-state index contributed by atoms with van der Waals surface area (Å²) in [6.45, 7) is 5.08. The van der Waals surface area contributed by atoms with E-state index >= 15 is 0 Å². The average Bonchev–Trinajstić information content (AvgIpc) is 2.83. The van der Waals surface area contributed by atoms with E-state index < -0.39 is 0 Å². The van der Waals surface area contributed by atoms with Crippen LogP contribution in [0.25, 0.3) is 10.8 Å². The Balaban J connectivity index is 1.58. The molecule has 2 aromatic carbocycles.